The molecule has 4 heteroatoms. The van der Waals surface area contributed by atoms with Crippen LogP contribution in [0, 0.1) is 24.0 Å². The summed E-state index contributed by atoms with van der Waals surface area (Å²) in [7, 11) is 0. The van der Waals surface area contributed by atoms with E-state index in [1.807, 2.05) is 6.08 Å². The van der Waals surface area contributed by atoms with Crippen molar-refractivity contribution in [1.29, 1.82) is 0 Å². The largest absolute Gasteiger partial charge is 1.00 e. The topological polar surface area (TPSA) is 0 Å². The molecule has 0 saturated heterocycles. The van der Waals surface area contributed by atoms with Crippen LogP contribution in [0.4, 0.5) is 0 Å². The van der Waals surface area contributed by atoms with Crippen molar-refractivity contribution >= 4 is 5.43 Å². The van der Waals surface area contributed by atoms with Gasteiger partial charge in [-0.15, -0.1) is 6.92 Å². The Labute approximate surface area is 153 Å². The molecule has 0 aromatic carbocycles. The van der Waals surface area contributed by atoms with E-state index < -0.39 is 0 Å². The van der Waals surface area contributed by atoms with E-state index in [1.165, 1.54) is 11.1 Å². The van der Waals surface area contributed by atoms with Crippen LogP contribution in [-0.4, -0.2) is 5.43 Å². The zero-order chi connectivity index (χ0) is 14.1. The van der Waals surface area contributed by atoms with Crippen LogP contribution in [0.3, 0.4) is 0 Å². The Morgan fingerprint density at radius 1 is 1.10 bits per heavy atom. The standard InChI is InChI=1S/2C7H9.C2H6Si.2ClH.Zr/c2*1-6-3-4-7(2)5-6;1-3-2;;;/h3,5,7H,1-2H3;3-4,6H,1-2H3;1-2H3;2*1H;/q2*-1;;;;+2/p-2. The van der Waals surface area contributed by atoms with Gasteiger partial charge in [0.1, 0.15) is 0 Å². The third-order valence-electron chi connectivity index (χ3n) is 2.18. The maximum absolute atomic E-state index is 3.22. The molecular weight excluding hydrogens is 382 g/mol. The summed E-state index contributed by atoms with van der Waals surface area (Å²) in [6.45, 7) is 13.0. The molecule has 20 heavy (non-hydrogen) atoms. The first kappa shape index (κ1) is 25.6. The normalized spacial score (nSPS) is 21.2. The fourth-order valence-electron chi connectivity index (χ4n) is 1.50. The first-order valence-electron chi connectivity index (χ1n) is 6.39. The molecule has 0 radical (unpaired) electrons. The number of halogens is 2. The van der Waals surface area contributed by atoms with Gasteiger partial charge in [-0.1, -0.05) is 32.6 Å². The van der Waals surface area contributed by atoms with Crippen LogP contribution < -0.4 is 24.8 Å². The Balaban J connectivity index is -0.000000215. The molecule has 2 rings (SSSR count). The third-order valence-corrected chi connectivity index (χ3v) is 2.18. The van der Waals surface area contributed by atoms with Crippen LogP contribution in [0.5, 0.6) is 0 Å². The zero-order valence-corrected chi connectivity index (χ0v) is 18.2. The summed E-state index contributed by atoms with van der Waals surface area (Å²) in [5.41, 5.74) is 2.82. The monoisotopic (exact) mass is 404 g/mol. The first-order chi connectivity index (χ1) is 8.31. The average Bonchev–Trinajstić information content (AvgIpc) is 2.76. The van der Waals surface area contributed by atoms with Crippen molar-refractivity contribution in [2.24, 2.45) is 11.8 Å². The molecule has 0 amide bonds. The SMILES string of the molecule is CC1=CC(C)[C-]=C1.CC1=[C-]C(C)C=C1.C[Si](C)=[Zr+2].[Cl-].[Cl-]. The minimum Gasteiger partial charge on any atom is -1.00 e. The molecule has 2 aliphatic carbocycles. The Morgan fingerprint density at radius 2 is 1.60 bits per heavy atom. The summed E-state index contributed by atoms with van der Waals surface area (Å²) < 4.78 is 0. The maximum atomic E-state index is 3.22. The summed E-state index contributed by atoms with van der Waals surface area (Å²) in [6.07, 6.45) is 14.9. The van der Waals surface area contributed by atoms with E-state index in [0.717, 1.165) is 0 Å². The molecule has 0 saturated carbocycles. The molecule has 2 aliphatic rings. The van der Waals surface area contributed by atoms with Gasteiger partial charge in [-0.2, -0.15) is 12.2 Å². The fourth-order valence-corrected chi connectivity index (χ4v) is 1.50. The summed E-state index contributed by atoms with van der Waals surface area (Å²) in [4.78, 5) is 0. The quantitative estimate of drug-likeness (QED) is 0.346. The van der Waals surface area contributed by atoms with Crippen LogP contribution in [0.15, 0.2) is 35.5 Å². The van der Waals surface area contributed by atoms with Crippen LogP contribution in [0.2, 0.25) is 13.1 Å². The van der Waals surface area contributed by atoms with Gasteiger partial charge >= 0.3 is 41.9 Å². The molecule has 2 unspecified atom stereocenters. The van der Waals surface area contributed by atoms with Crippen molar-refractivity contribution in [3.05, 3.63) is 47.6 Å². The van der Waals surface area contributed by atoms with Gasteiger partial charge in [0.2, 0.25) is 0 Å². The van der Waals surface area contributed by atoms with E-state index in [1.54, 1.807) is 23.3 Å². The average molecular weight is 407 g/mol. The Morgan fingerprint density at radius 3 is 1.70 bits per heavy atom. The molecule has 0 fully saturated rings. The molecule has 0 nitrogen and oxygen atoms in total. The number of hydrogen-bond acceptors (Lipinski definition) is 0. The van der Waals surface area contributed by atoms with Gasteiger partial charge in [0.25, 0.3) is 0 Å². The zero-order valence-electron chi connectivity index (χ0n) is 13.2. The number of hydrogen-bond donors (Lipinski definition) is 0. The van der Waals surface area contributed by atoms with Gasteiger partial charge in [-0.3, -0.25) is 12.2 Å². The molecule has 0 heterocycles. The predicted molar refractivity (Wildman–Crippen MR) is 79.0 cm³/mol. The molecule has 0 bridgehead atoms. The van der Waals surface area contributed by atoms with Gasteiger partial charge in [0, 0.05) is 0 Å². The summed E-state index contributed by atoms with van der Waals surface area (Å²) in [5.74, 6) is 1.11. The van der Waals surface area contributed by atoms with Crippen LogP contribution in [0.25, 0.3) is 0 Å². The van der Waals surface area contributed by atoms with Crippen molar-refractivity contribution in [1.82, 2.24) is 0 Å². The second kappa shape index (κ2) is 14.6. The Bertz CT molecular complexity index is 359. The van der Waals surface area contributed by atoms with Gasteiger partial charge in [-0.25, -0.2) is 23.3 Å². The summed E-state index contributed by atoms with van der Waals surface area (Å²) >= 11 is 1.74. The van der Waals surface area contributed by atoms with Crippen molar-refractivity contribution in [3.63, 3.8) is 0 Å². The Hall–Kier alpha value is 0.640. The van der Waals surface area contributed by atoms with E-state index in [2.05, 4.69) is 71.2 Å². The number of allylic oxidation sites excluding steroid dienone is 8. The van der Waals surface area contributed by atoms with Crippen LogP contribution >= 0.6 is 0 Å². The smallest absolute Gasteiger partial charge is 1.00 e. The molecule has 0 aromatic heterocycles. The van der Waals surface area contributed by atoms with Crippen molar-refractivity contribution in [3.8, 4) is 0 Å². The first-order valence-corrected chi connectivity index (χ1v) is 12.6. The van der Waals surface area contributed by atoms with E-state index in [9.17, 15) is 0 Å². The molecule has 0 aromatic rings. The van der Waals surface area contributed by atoms with Gasteiger partial charge in [-0.05, 0) is 0 Å². The number of rotatable bonds is 0. The molecule has 112 valence electrons. The van der Waals surface area contributed by atoms with Crippen LogP contribution in [0.1, 0.15) is 27.7 Å². The van der Waals surface area contributed by atoms with E-state index >= 15 is 0 Å². The van der Waals surface area contributed by atoms with Crippen molar-refractivity contribution in [2.45, 2.75) is 40.8 Å². The van der Waals surface area contributed by atoms with Crippen molar-refractivity contribution < 1.29 is 48.1 Å². The van der Waals surface area contributed by atoms with Gasteiger partial charge < -0.3 is 24.8 Å². The Kier molecular flexibility index (Phi) is 18.6. The molecule has 0 N–H and O–H groups in total. The predicted octanol–water partition coefficient (Wildman–Crippen LogP) is -1.32. The van der Waals surface area contributed by atoms with Crippen molar-refractivity contribution in [2.75, 3.05) is 0 Å². The molecule has 0 aliphatic heterocycles. The third kappa shape index (κ3) is 16.7. The maximum Gasteiger partial charge on any atom is -1.00 e. The second-order valence-corrected chi connectivity index (χ2v) is 14.4. The molecule has 2 atom stereocenters. The summed E-state index contributed by atoms with van der Waals surface area (Å²) in [5, 5.41) is 0. The van der Waals surface area contributed by atoms with Gasteiger partial charge in [0.05, 0.1) is 0 Å². The minimum atomic E-state index is 0. The molecule has 0 spiro atoms. The van der Waals surface area contributed by atoms with E-state index in [-0.39, 0.29) is 30.2 Å². The summed E-state index contributed by atoms with van der Waals surface area (Å²) in [6, 6.07) is 0. The molecular formula is C16H24Cl2SiZr-2. The minimum absolute atomic E-state index is 0. The fraction of sp³-hybridized carbons (Fsp3) is 0.500. The van der Waals surface area contributed by atoms with Gasteiger partial charge in [0.15, 0.2) is 0 Å². The van der Waals surface area contributed by atoms with E-state index in [4.69, 9.17) is 0 Å². The van der Waals surface area contributed by atoms with Crippen LogP contribution in [-0.2, 0) is 23.3 Å². The second-order valence-electron chi connectivity index (χ2n) is 4.99. The van der Waals surface area contributed by atoms with E-state index in [0.29, 0.717) is 11.8 Å².